The monoisotopic (exact) mass is 585 g/mol. The lowest BCUT2D eigenvalue weighted by atomic mass is 9.91. The number of aromatic nitrogens is 1. The average molecular weight is 586 g/mol. The van der Waals surface area contributed by atoms with Gasteiger partial charge in [0.15, 0.2) is 0 Å². The van der Waals surface area contributed by atoms with Crippen LogP contribution < -0.4 is 21.3 Å². The minimum atomic E-state index is -1.06. The molecule has 3 atom stereocenters. The molecule has 3 heterocycles. The zero-order valence-electron chi connectivity index (χ0n) is 22.4. The van der Waals surface area contributed by atoms with E-state index >= 15 is 4.39 Å². The zero-order chi connectivity index (χ0) is 29.3. The van der Waals surface area contributed by atoms with E-state index in [9.17, 15) is 18.8 Å². The van der Waals surface area contributed by atoms with Crippen LogP contribution in [0.25, 0.3) is 11.1 Å². The van der Waals surface area contributed by atoms with Crippen molar-refractivity contribution in [3.63, 3.8) is 0 Å². The Morgan fingerprint density at radius 2 is 2.00 bits per heavy atom. The predicted molar refractivity (Wildman–Crippen MR) is 150 cm³/mol. The Morgan fingerprint density at radius 3 is 2.71 bits per heavy atom. The van der Waals surface area contributed by atoms with Crippen molar-refractivity contribution < 1.29 is 27.8 Å². The fraction of sp³-hybridized carbons (Fsp3) is 0.367. The van der Waals surface area contributed by atoms with Gasteiger partial charge in [0, 0.05) is 35.9 Å². The van der Waals surface area contributed by atoms with Crippen LogP contribution in [0.5, 0.6) is 5.75 Å². The third-order valence-electron chi connectivity index (χ3n) is 7.49. The minimum Gasteiger partial charge on any atom is -0.491 e. The number of benzene rings is 2. The summed E-state index contributed by atoms with van der Waals surface area (Å²) in [7, 11) is 0. The quantitative estimate of drug-likeness (QED) is 0.410. The molecule has 5 rings (SSSR count). The molecule has 1 saturated heterocycles. The first kappa shape index (κ1) is 28.8. The van der Waals surface area contributed by atoms with Gasteiger partial charge in [0.05, 0.1) is 29.5 Å². The molecule has 0 aliphatic carbocycles. The van der Waals surface area contributed by atoms with Crippen molar-refractivity contribution in [2.45, 2.75) is 51.2 Å². The van der Waals surface area contributed by atoms with Gasteiger partial charge in [-0.25, -0.2) is 8.78 Å². The summed E-state index contributed by atoms with van der Waals surface area (Å²) >= 11 is 6.11. The van der Waals surface area contributed by atoms with Gasteiger partial charge in [0.2, 0.25) is 5.91 Å². The predicted octanol–water partition coefficient (Wildman–Crippen LogP) is 5.26. The topological polar surface area (TPSA) is 113 Å². The summed E-state index contributed by atoms with van der Waals surface area (Å²) in [6.07, 6.45) is 4.34. The van der Waals surface area contributed by atoms with E-state index in [1.54, 1.807) is 6.07 Å². The summed E-state index contributed by atoms with van der Waals surface area (Å²) in [5, 5.41) is 2.57. The molecule has 11 heteroatoms. The summed E-state index contributed by atoms with van der Waals surface area (Å²) in [4.78, 5) is 38.7. The van der Waals surface area contributed by atoms with Crippen molar-refractivity contribution in [3.8, 4) is 16.9 Å². The Balaban J connectivity index is 1.56. The van der Waals surface area contributed by atoms with Crippen LogP contribution >= 0.6 is 11.6 Å². The molecule has 8 nitrogen and oxygen atoms in total. The molecule has 0 spiro atoms. The number of amides is 2. The number of hydrogen-bond acceptors (Lipinski definition) is 5. The smallest absolute Gasteiger partial charge is 0.252 e. The summed E-state index contributed by atoms with van der Waals surface area (Å²) in [6, 6.07) is 6.95. The Morgan fingerprint density at radius 1 is 1.20 bits per heavy atom. The maximum absolute atomic E-state index is 15.3. The second-order valence-electron chi connectivity index (χ2n) is 10.6. The molecule has 1 fully saturated rings. The Labute approximate surface area is 240 Å². The molecule has 0 saturated carbocycles. The van der Waals surface area contributed by atoms with Crippen LogP contribution in [-0.2, 0) is 16.0 Å². The van der Waals surface area contributed by atoms with E-state index in [1.165, 1.54) is 35.0 Å². The molecule has 0 radical (unpaired) electrons. The molecule has 0 bridgehead atoms. The van der Waals surface area contributed by atoms with Gasteiger partial charge >= 0.3 is 0 Å². The number of nitrogens with one attached hydrogen (secondary N) is 1. The second kappa shape index (κ2) is 12.0. The SMILES string of the molecule is CC1COc2cn([C@@H](C[C@@H]3CCCCO3)C(=O)Nc3ccc(C(N)=O)c(F)c3)c(=O)cc2-c2c(ccc(Cl)c2F)C1. The minimum absolute atomic E-state index is 0.0378. The molecule has 2 aliphatic heterocycles. The number of carbonyl (C=O) groups excluding carboxylic acids is 2. The molecule has 1 unspecified atom stereocenters. The molecule has 216 valence electrons. The highest BCUT2D eigenvalue weighted by atomic mass is 35.5. The molecule has 2 aromatic carbocycles. The lowest BCUT2D eigenvalue weighted by molar-refractivity contribution is -0.121. The van der Waals surface area contributed by atoms with Gasteiger partial charge in [-0.1, -0.05) is 24.6 Å². The highest BCUT2D eigenvalue weighted by Gasteiger charge is 2.30. The maximum atomic E-state index is 15.3. The highest BCUT2D eigenvalue weighted by molar-refractivity contribution is 6.31. The molecule has 2 amide bonds. The lowest BCUT2D eigenvalue weighted by Crippen LogP contribution is -2.36. The number of anilines is 1. The third kappa shape index (κ3) is 6.13. The van der Waals surface area contributed by atoms with Gasteiger partial charge in [0.1, 0.15) is 23.4 Å². The van der Waals surface area contributed by atoms with Crippen LogP contribution in [0, 0.1) is 17.6 Å². The van der Waals surface area contributed by atoms with Crippen LogP contribution in [0.4, 0.5) is 14.5 Å². The van der Waals surface area contributed by atoms with Crippen LogP contribution in [0.3, 0.4) is 0 Å². The first-order valence-electron chi connectivity index (χ1n) is 13.5. The molecule has 41 heavy (non-hydrogen) atoms. The number of pyridine rings is 1. The lowest BCUT2D eigenvalue weighted by Gasteiger charge is -2.29. The van der Waals surface area contributed by atoms with E-state index in [4.69, 9.17) is 26.8 Å². The summed E-state index contributed by atoms with van der Waals surface area (Å²) < 4.78 is 42.9. The van der Waals surface area contributed by atoms with Gasteiger partial charge in [-0.05, 0) is 61.4 Å². The van der Waals surface area contributed by atoms with E-state index < -0.39 is 35.0 Å². The second-order valence-corrected chi connectivity index (χ2v) is 11.0. The molecule has 1 aromatic heterocycles. The Bertz CT molecular complexity index is 1550. The average Bonchev–Trinajstić information content (AvgIpc) is 2.93. The number of rotatable bonds is 6. The Hall–Kier alpha value is -3.76. The largest absolute Gasteiger partial charge is 0.491 e. The zero-order valence-corrected chi connectivity index (χ0v) is 23.2. The number of nitrogens with zero attached hydrogens (tertiary/aromatic N) is 1. The van der Waals surface area contributed by atoms with E-state index in [0.29, 0.717) is 31.6 Å². The summed E-state index contributed by atoms with van der Waals surface area (Å²) in [6.45, 7) is 2.81. The van der Waals surface area contributed by atoms with Crippen LogP contribution in [0.15, 0.2) is 47.4 Å². The number of primary amides is 1. The van der Waals surface area contributed by atoms with E-state index in [2.05, 4.69) is 5.32 Å². The molecule has 3 N–H and O–H groups in total. The van der Waals surface area contributed by atoms with E-state index in [1.807, 2.05) is 6.92 Å². The fourth-order valence-electron chi connectivity index (χ4n) is 5.41. The Kier molecular flexibility index (Phi) is 8.42. The van der Waals surface area contributed by atoms with Crippen molar-refractivity contribution >= 4 is 29.1 Å². The maximum Gasteiger partial charge on any atom is 0.252 e. The molecule has 3 aromatic rings. The number of carbonyl (C=O) groups is 2. The number of fused-ring (bicyclic) bond motifs is 3. The van der Waals surface area contributed by atoms with Crippen molar-refractivity contribution in [1.82, 2.24) is 4.57 Å². The highest BCUT2D eigenvalue weighted by Crippen LogP contribution is 2.39. The summed E-state index contributed by atoms with van der Waals surface area (Å²) in [5.41, 5.74) is 5.55. The van der Waals surface area contributed by atoms with E-state index in [0.717, 1.165) is 18.9 Å². The van der Waals surface area contributed by atoms with Crippen molar-refractivity contribution in [2.75, 3.05) is 18.5 Å². The van der Waals surface area contributed by atoms with Gasteiger partial charge in [-0.3, -0.25) is 19.0 Å². The van der Waals surface area contributed by atoms with Crippen molar-refractivity contribution in [2.24, 2.45) is 11.7 Å². The standard InChI is InChI=1S/C30H30ClF2N3O5/c1-16-10-17-5-8-22(31)28(33)27(17)21-13-26(37)36(14-25(21)41-15-16)24(12-19-4-2-3-9-40-19)30(39)35-18-6-7-20(29(34)38)23(32)11-18/h5-8,11,13-14,16,19,24H,2-4,9-10,12,15H2,1H3,(H2,34,38)(H,35,39)/t16?,19-,24-/m0/s1. The molecule has 2 aliphatic rings. The number of nitrogens with two attached hydrogens (primary N) is 1. The van der Waals surface area contributed by atoms with Gasteiger partial charge in [0.25, 0.3) is 11.5 Å². The molecular weight excluding hydrogens is 556 g/mol. The first-order valence-corrected chi connectivity index (χ1v) is 13.9. The van der Waals surface area contributed by atoms with E-state index in [-0.39, 0.29) is 51.6 Å². The number of ether oxygens (including phenoxy) is 2. The van der Waals surface area contributed by atoms with Crippen molar-refractivity contribution in [3.05, 3.63) is 80.7 Å². The van der Waals surface area contributed by atoms with Gasteiger partial charge in [-0.2, -0.15) is 0 Å². The molecular formula is C30H30ClF2N3O5. The van der Waals surface area contributed by atoms with Gasteiger partial charge in [-0.15, -0.1) is 0 Å². The number of hydrogen-bond donors (Lipinski definition) is 2. The fourth-order valence-corrected chi connectivity index (χ4v) is 5.57. The normalized spacial score (nSPS) is 19.1. The van der Waals surface area contributed by atoms with Crippen LogP contribution in [0.2, 0.25) is 5.02 Å². The van der Waals surface area contributed by atoms with Crippen LogP contribution in [-0.4, -0.2) is 35.7 Å². The summed E-state index contributed by atoms with van der Waals surface area (Å²) in [5.74, 6) is -2.79. The number of halogens is 3. The van der Waals surface area contributed by atoms with Gasteiger partial charge < -0.3 is 20.5 Å². The van der Waals surface area contributed by atoms with Crippen LogP contribution in [0.1, 0.15) is 54.6 Å². The first-order chi connectivity index (χ1) is 19.6. The third-order valence-corrected chi connectivity index (χ3v) is 7.78. The van der Waals surface area contributed by atoms with Crippen molar-refractivity contribution in [1.29, 1.82) is 0 Å².